The highest BCUT2D eigenvalue weighted by molar-refractivity contribution is 5.74. The number of aliphatic hydroxyl groups excluding tert-OH is 1. The lowest BCUT2D eigenvalue weighted by molar-refractivity contribution is 0.0935. The van der Waals surface area contributed by atoms with Gasteiger partial charge >= 0.3 is 5.69 Å². The van der Waals surface area contributed by atoms with Crippen molar-refractivity contribution in [2.24, 2.45) is 14.1 Å². The molecule has 0 saturated carbocycles. The minimum absolute atomic E-state index is 0.0657. The zero-order valence-electron chi connectivity index (χ0n) is 18.0. The van der Waals surface area contributed by atoms with Gasteiger partial charge in [-0.05, 0) is 24.6 Å². The van der Waals surface area contributed by atoms with Crippen LogP contribution in [0.2, 0.25) is 0 Å². The number of aliphatic hydroxyl groups is 1. The van der Waals surface area contributed by atoms with Crippen LogP contribution in [0.15, 0.2) is 33.9 Å². The van der Waals surface area contributed by atoms with Crippen molar-refractivity contribution < 1.29 is 9.84 Å². The van der Waals surface area contributed by atoms with Crippen LogP contribution in [0.3, 0.4) is 0 Å². The van der Waals surface area contributed by atoms with E-state index in [0.29, 0.717) is 36.0 Å². The van der Waals surface area contributed by atoms with Crippen LogP contribution in [0.25, 0.3) is 11.2 Å². The monoisotopic (exact) mass is 428 g/mol. The molecule has 0 spiro atoms. The van der Waals surface area contributed by atoms with E-state index in [9.17, 15) is 14.7 Å². The van der Waals surface area contributed by atoms with Crippen LogP contribution in [0.5, 0.6) is 5.75 Å². The third-order valence-electron chi connectivity index (χ3n) is 5.55. The Bertz CT molecular complexity index is 1210. The van der Waals surface area contributed by atoms with Gasteiger partial charge in [-0.25, -0.2) is 4.79 Å². The first-order valence-corrected chi connectivity index (χ1v) is 10.4. The summed E-state index contributed by atoms with van der Waals surface area (Å²) < 4.78 is 9.90. The fourth-order valence-electron chi connectivity index (χ4n) is 3.88. The Morgan fingerprint density at radius 3 is 2.65 bits per heavy atom. The van der Waals surface area contributed by atoms with E-state index >= 15 is 0 Å². The maximum Gasteiger partial charge on any atom is 0.332 e. The third kappa shape index (κ3) is 4.08. The van der Waals surface area contributed by atoms with Gasteiger partial charge in [0.2, 0.25) is 5.95 Å². The van der Waals surface area contributed by atoms with Crippen LogP contribution in [-0.2, 0) is 20.6 Å². The average Bonchev–Trinajstić information content (AvgIpc) is 3.14. The van der Waals surface area contributed by atoms with Gasteiger partial charge in [-0.1, -0.05) is 12.1 Å². The molecule has 1 aromatic carbocycles. The zero-order valence-corrected chi connectivity index (χ0v) is 18.0. The number of hydrogen-bond acceptors (Lipinski definition) is 7. The summed E-state index contributed by atoms with van der Waals surface area (Å²) >= 11 is 0. The number of rotatable bonds is 6. The number of benzene rings is 1. The maximum atomic E-state index is 13.0. The number of nitrogens with one attached hydrogen (secondary N) is 1. The standard InChI is InChI=1S/C21H28N6O4/c1-14-5-4-6-16(11-14)31-13-15(28)12-27-17-18(24(2)21(30)25(3)19(17)29)23-20(27)26-9-7-22-8-10-26/h4-6,11,15,22,28H,7-10,12-13H2,1-3H3/t15-/m1/s1. The normalized spacial score (nSPS) is 15.4. The van der Waals surface area contributed by atoms with E-state index in [-0.39, 0.29) is 13.2 Å². The van der Waals surface area contributed by atoms with Crippen molar-refractivity contribution in [3.8, 4) is 5.75 Å². The number of nitrogens with zero attached hydrogens (tertiary/aromatic N) is 5. The summed E-state index contributed by atoms with van der Waals surface area (Å²) in [5.41, 5.74) is 0.815. The van der Waals surface area contributed by atoms with Crippen molar-refractivity contribution in [3.63, 3.8) is 0 Å². The highest BCUT2D eigenvalue weighted by Gasteiger charge is 2.25. The molecule has 1 aliphatic rings. The summed E-state index contributed by atoms with van der Waals surface area (Å²) in [6.07, 6.45) is -0.874. The molecule has 31 heavy (non-hydrogen) atoms. The summed E-state index contributed by atoms with van der Waals surface area (Å²) in [6, 6.07) is 7.61. The zero-order chi connectivity index (χ0) is 22.1. The predicted octanol–water partition coefficient (Wildman–Crippen LogP) is -0.408. The molecular weight excluding hydrogens is 400 g/mol. The van der Waals surface area contributed by atoms with Crippen LogP contribution in [0.4, 0.5) is 5.95 Å². The molecule has 166 valence electrons. The second-order valence-electron chi connectivity index (χ2n) is 7.92. The van der Waals surface area contributed by atoms with E-state index in [2.05, 4.69) is 15.2 Å². The minimum Gasteiger partial charge on any atom is -0.491 e. The molecule has 0 bridgehead atoms. The van der Waals surface area contributed by atoms with E-state index in [1.54, 1.807) is 11.6 Å². The van der Waals surface area contributed by atoms with Crippen molar-refractivity contribution in [2.75, 3.05) is 37.7 Å². The Hall–Kier alpha value is -3.11. The van der Waals surface area contributed by atoms with Gasteiger partial charge in [0.1, 0.15) is 18.5 Å². The topological polar surface area (TPSA) is 107 Å². The number of aromatic nitrogens is 4. The van der Waals surface area contributed by atoms with Crippen molar-refractivity contribution >= 4 is 17.1 Å². The van der Waals surface area contributed by atoms with Crippen molar-refractivity contribution in [2.45, 2.75) is 19.6 Å². The molecule has 0 amide bonds. The van der Waals surface area contributed by atoms with E-state index in [1.165, 1.54) is 11.6 Å². The largest absolute Gasteiger partial charge is 0.491 e. The number of imidazole rings is 1. The van der Waals surface area contributed by atoms with Gasteiger partial charge < -0.3 is 24.6 Å². The van der Waals surface area contributed by atoms with Crippen LogP contribution < -0.4 is 26.2 Å². The lowest BCUT2D eigenvalue weighted by Gasteiger charge is -2.29. The van der Waals surface area contributed by atoms with Gasteiger partial charge in [0.25, 0.3) is 5.56 Å². The minimum atomic E-state index is -0.874. The first kappa shape index (κ1) is 21.1. The molecule has 2 N–H and O–H groups in total. The van der Waals surface area contributed by atoms with E-state index < -0.39 is 17.4 Å². The number of aryl methyl sites for hydroxylation is 2. The van der Waals surface area contributed by atoms with E-state index in [0.717, 1.165) is 23.2 Å². The summed E-state index contributed by atoms with van der Waals surface area (Å²) in [4.78, 5) is 32.1. The Morgan fingerprint density at radius 1 is 1.19 bits per heavy atom. The molecule has 1 aliphatic heterocycles. The van der Waals surface area contributed by atoms with Gasteiger partial charge in [0.15, 0.2) is 11.2 Å². The smallest absolute Gasteiger partial charge is 0.332 e. The summed E-state index contributed by atoms with van der Waals surface area (Å²) in [6.45, 7) is 5.17. The number of ether oxygens (including phenoxy) is 1. The molecule has 3 heterocycles. The quantitative estimate of drug-likeness (QED) is 0.550. The molecule has 0 aliphatic carbocycles. The fraction of sp³-hybridized carbons (Fsp3) is 0.476. The first-order valence-electron chi connectivity index (χ1n) is 10.4. The summed E-state index contributed by atoms with van der Waals surface area (Å²) in [5, 5.41) is 14.0. The molecule has 1 atom stereocenters. The molecule has 10 heteroatoms. The van der Waals surface area contributed by atoms with Crippen molar-refractivity contribution in [1.29, 1.82) is 0 Å². The van der Waals surface area contributed by atoms with Gasteiger partial charge in [-0.3, -0.25) is 13.9 Å². The van der Waals surface area contributed by atoms with Crippen LogP contribution in [-0.4, -0.2) is 62.7 Å². The summed E-state index contributed by atoms with van der Waals surface area (Å²) in [5.74, 6) is 1.25. The fourth-order valence-corrected chi connectivity index (χ4v) is 3.88. The lowest BCUT2D eigenvalue weighted by atomic mass is 10.2. The number of hydrogen-bond donors (Lipinski definition) is 2. The Balaban J connectivity index is 1.70. The number of anilines is 1. The molecule has 0 radical (unpaired) electrons. The second-order valence-corrected chi connectivity index (χ2v) is 7.92. The molecular formula is C21H28N6O4. The van der Waals surface area contributed by atoms with Crippen LogP contribution in [0, 0.1) is 6.92 Å². The highest BCUT2D eigenvalue weighted by Crippen LogP contribution is 2.21. The summed E-state index contributed by atoms with van der Waals surface area (Å²) in [7, 11) is 3.05. The van der Waals surface area contributed by atoms with E-state index in [1.807, 2.05) is 31.2 Å². The van der Waals surface area contributed by atoms with Crippen molar-refractivity contribution in [3.05, 3.63) is 50.7 Å². The van der Waals surface area contributed by atoms with Gasteiger partial charge in [0.05, 0.1) is 6.54 Å². The third-order valence-corrected chi connectivity index (χ3v) is 5.55. The SMILES string of the molecule is Cc1cccc(OC[C@H](O)Cn2c(N3CCNCC3)nc3c2c(=O)n(C)c(=O)n3C)c1. The second kappa shape index (κ2) is 8.56. The van der Waals surface area contributed by atoms with Crippen LogP contribution in [0.1, 0.15) is 5.56 Å². The number of piperazine rings is 1. The molecule has 10 nitrogen and oxygen atoms in total. The van der Waals surface area contributed by atoms with Gasteiger partial charge in [-0.2, -0.15) is 4.98 Å². The average molecular weight is 428 g/mol. The van der Waals surface area contributed by atoms with E-state index in [4.69, 9.17) is 4.74 Å². The lowest BCUT2D eigenvalue weighted by Crippen LogP contribution is -2.45. The molecule has 1 fully saturated rings. The number of fused-ring (bicyclic) bond motifs is 1. The first-order chi connectivity index (χ1) is 14.9. The predicted molar refractivity (Wildman–Crippen MR) is 118 cm³/mol. The Kier molecular flexibility index (Phi) is 5.84. The van der Waals surface area contributed by atoms with Gasteiger partial charge in [-0.15, -0.1) is 0 Å². The molecule has 0 unspecified atom stereocenters. The molecule has 3 aromatic rings. The van der Waals surface area contributed by atoms with Crippen LogP contribution >= 0.6 is 0 Å². The Labute approximate surface area is 179 Å². The molecule has 1 saturated heterocycles. The highest BCUT2D eigenvalue weighted by atomic mass is 16.5. The molecule has 4 rings (SSSR count). The maximum absolute atomic E-state index is 13.0. The van der Waals surface area contributed by atoms with Crippen molar-refractivity contribution in [1.82, 2.24) is 24.0 Å². The van der Waals surface area contributed by atoms with Gasteiger partial charge in [0, 0.05) is 40.3 Å². The molecule has 2 aromatic heterocycles. The Morgan fingerprint density at radius 2 is 1.94 bits per heavy atom.